The summed E-state index contributed by atoms with van der Waals surface area (Å²) >= 11 is 3.19. The zero-order valence-corrected chi connectivity index (χ0v) is 18.5. The molecule has 2 aromatic rings. The van der Waals surface area contributed by atoms with Crippen molar-refractivity contribution in [2.75, 3.05) is 19.6 Å². The third-order valence-corrected chi connectivity index (χ3v) is 5.25. The first-order valence-electron chi connectivity index (χ1n) is 8.07. The topological polar surface area (TPSA) is 65.5 Å². The molecule has 0 spiro atoms. The van der Waals surface area contributed by atoms with E-state index >= 15 is 0 Å². The fraction of sp³-hybridized carbons (Fsp3) is 0.412. The van der Waals surface area contributed by atoms with Gasteiger partial charge in [-0.25, -0.2) is 4.99 Å². The Morgan fingerprint density at radius 2 is 1.92 bits per heavy atom. The van der Waals surface area contributed by atoms with Crippen molar-refractivity contribution >= 4 is 58.5 Å². The number of nitrogens with one attached hydrogen (secondary N) is 3. The normalized spacial score (nSPS) is 10.9. The summed E-state index contributed by atoms with van der Waals surface area (Å²) < 4.78 is 0. The number of hydrogen-bond acceptors (Lipinski definition) is 4. The maximum Gasteiger partial charge on any atom is 0.261 e. The molecule has 0 radical (unpaired) electrons. The molecule has 0 aliphatic heterocycles. The van der Waals surface area contributed by atoms with Crippen molar-refractivity contribution in [2.45, 2.75) is 26.8 Å². The van der Waals surface area contributed by atoms with E-state index in [-0.39, 0.29) is 29.9 Å². The van der Waals surface area contributed by atoms with Crippen LogP contribution in [-0.4, -0.2) is 31.5 Å². The van der Waals surface area contributed by atoms with E-state index in [9.17, 15) is 4.79 Å². The average Bonchev–Trinajstić information content (AvgIpc) is 3.23. The van der Waals surface area contributed by atoms with Crippen molar-refractivity contribution < 1.29 is 4.79 Å². The van der Waals surface area contributed by atoms with Gasteiger partial charge in [0, 0.05) is 24.5 Å². The van der Waals surface area contributed by atoms with Crippen LogP contribution in [0.4, 0.5) is 0 Å². The third-order valence-electron chi connectivity index (χ3n) is 3.37. The minimum Gasteiger partial charge on any atom is -0.357 e. The van der Waals surface area contributed by atoms with E-state index in [2.05, 4.69) is 46.2 Å². The van der Waals surface area contributed by atoms with Crippen LogP contribution in [-0.2, 0) is 6.54 Å². The predicted octanol–water partition coefficient (Wildman–Crippen LogP) is 3.61. The van der Waals surface area contributed by atoms with E-state index in [0.29, 0.717) is 13.1 Å². The summed E-state index contributed by atoms with van der Waals surface area (Å²) in [6.07, 6.45) is 0.847. The first-order valence-corrected chi connectivity index (χ1v) is 9.83. The van der Waals surface area contributed by atoms with Crippen LogP contribution in [0.3, 0.4) is 0 Å². The van der Waals surface area contributed by atoms with E-state index in [4.69, 9.17) is 0 Å². The second-order valence-corrected chi connectivity index (χ2v) is 7.18. The van der Waals surface area contributed by atoms with Gasteiger partial charge in [0.15, 0.2) is 5.96 Å². The van der Waals surface area contributed by atoms with Gasteiger partial charge in [0.2, 0.25) is 0 Å². The van der Waals surface area contributed by atoms with Crippen LogP contribution in [0.1, 0.15) is 33.5 Å². The Bertz CT molecular complexity index is 655. The monoisotopic (exact) mass is 492 g/mol. The molecule has 8 heteroatoms. The minimum absolute atomic E-state index is 0. The lowest BCUT2D eigenvalue weighted by molar-refractivity contribution is 0.0957. The van der Waals surface area contributed by atoms with Gasteiger partial charge in [0.1, 0.15) is 0 Å². The van der Waals surface area contributed by atoms with Crippen molar-refractivity contribution in [3.8, 4) is 0 Å². The first-order chi connectivity index (χ1) is 11.7. The van der Waals surface area contributed by atoms with Gasteiger partial charge in [-0.15, -0.1) is 46.7 Å². The zero-order chi connectivity index (χ0) is 17.2. The Kier molecular flexibility index (Phi) is 10.7. The quantitative estimate of drug-likeness (QED) is 0.228. The molecule has 2 rings (SSSR count). The highest BCUT2D eigenvalue weighted by atomic mass is 127. The number of aliphatic imine (C=N–C) groups is 1. The maximum absolute atomic E-state index is 11.8. The van der Waals surface area contributed by atoms with E-state index in [1.807, 2.05) is 17.5 Å². The van der Waals surface area contributed by atoms with Crippen molar-refractivity contribution in [3.63, 3.8) is 0 Å². The Morgan fingerprint density at radius 1 is 1.12 bits per heavy atom. The van der Waals surface area contributed by atoms with Gasteiger partial charge in [-0.1, -0.05) is 6.07 Å². The minimum atomic E-state index is -0.00116. The van der Waals surface area contributed by atoms with Crippen LogP contribution >= 0.6 is 46.7 Å². The number of aryl methyl sites for hydroxylation is 1. The maximum atomic E-state index is 11.8. The number of rotatable bonds is 8. The molecular weight excluding hydrogens is 467 g/mol. The molecule has 0 bridgehead atoms. The summed E-state index contributed by atoms with van der Waals surface area (Å²) in [7, 11) is 0. The van der Waals surface area contributed by atoms with Gasteiger partial charge in [-0.2, -0.15) is 0 Å². The third kappa shape index (κ3) is 7.74. The van der Waals surface area contributed by atoms with E-state index in [0.717, 1.165) is 30.3 Å². The zero-order valence-electron chi connectivity index (χ0n) is 14.5. The Labute approximate surface area is 174 Å². The van der Waals surface area contributed by atoms with Gasteiger partial charge in [-0.3, -0.25) is 4.79 Å². The molecule has 0 aliphatic carbocycles. The number of guanidine groups is 1. The van der Waals surface area contributed by atoms with Gasteiger partial charge < -0.3 is 16.0 Å². The number of hydrogen-bond donors (Lipinski definition) is 3. The fourth-order valence-corrected chi connectivity index (χ4v) is 3.52. The summed E-state index contributed by atoms with van der Waals surface area (Å²) in [6.45, 7) is 7.08. The standard InChI is InChI=1S/C17H24N4OS2.HI/c1-3-18-17(21-12-15-13(2)7-11-24-15)20-9-5-8-19-16(22)14-6-4-10-23-14;/h4,6-7,10-11H,3,5,8-9,12H2,1-2H3,(H,19,22)(H2,18,20,21);1H. The summed E-state index contributed by atoms with van der Waals surface area (Å²) in [5, 5.41) is 13.5. The van der Waals surface area contributed by atoms with Crippen molar-refractivity contribution in [1.82, 2.24) is 16.0 Å². The van der Waals surface area contributed by atoms with Crippen molar-refractivity contribution in [3.05, 3.63) is 44.3 Å². The summed E-state index contributed by atoms with van der Waals surface area (Å²) in [4.78, 5) is 18.5. The molecule has 0 saturated carbocycles. The molecule has 3 N–H and O–H groups in total. The highest BCUT2D eigenvalue weighted by Gasteiger charge is 2.05. The molecule has 25 heavy (non-hydrogen) atoms. The number of carbonyl (C=O) groups is 1. The van der Waals surface area contributed by atoms with Gasteiger partial charge in [-0.05, 0) is 48.7 Å². The fourth-order valence-electron chi connectivity index (χ4n) is 2.05. The van der Waals surface area contributed by atoms with Gasteiger partial charge in [0.05, 0.1) is 11.4 Å². The lowest BCUT2D eigenvalue weighted by atomic mass is 10.3. The van der Waals surface area contributed by atoms with Gasteiger partial charge in [0.25, 0.3) is 5.91 Å². The number of amides is 1. The largest absolute Gasteiger partial charge is 0.357 e. The Hall–Kier alpha value is -1.13. The molecule has 0 saturated heterocycles. The molecule has 0 fully saturated rings. The molecule has 0 atom stereocenters. The molecule has 5 nitrogen and oxygen atoms in total. The highest BCUT2D eigenvalue weighted by molar-refractivity contribution is 14.0. The SMILES string of the molecule is CCNC(=NCc1sccc1C)NCCCNC(=O)c1cccs1.I. The molecule has 0 unspecified atom stereocenters. The Morgan fingerprint density at radius 3 is 2.56 bits per heavy atom. The van der Waals surface area contributed by atoms with E-state index in [1.165, 1.54) is 21.8 Å². The molecule has 2 aromatic heterocycles. The second kappa shape index (κ2) is 12.3. The summed E-state index contributed by atoms with van der Waals surface area (Å²) in [5.41, 5.74) is 1.29. The van der Waals surface area contributed by atoms with Gasteiger partial charge >= 0.3 is 0 Å². The van der Waals surface area contributed by atoms with Crippen LogP contribution in [0, 0.1) is 6.92 Å². The van der Waals surface area contributed by atoms with E-state index in [1.54, 1.807) is 11.3 Å². The predicted molar refractivity (Wildman–Crippen MR) is 119 cm³/mol. The van der Waals surface area contributed by atoms with Crippen molar-refractivity contribution in [1.29, 1.82) is 0 Å². The lowest BCUT2D eigenvalue weighted by Gasteiger charge is -2.11. The van der Waals surface area contributed by atoms with Crippen LogP contribution < -0.4 is 16.0 Å². The van der Waals surface area contributed by atoms with Crippen molar-refractivity contribution in [2.24, 2.45) is 4.99 Å². The Balaban J connectivity index is 0.00000312. The smallest absolute Gasteiger partial charge is 0.261 e. The number of halogens is 1. The molecule has 2 heterocycles. The molecule has 138 valence electrons. The summed E-state index contributed by atoms with van der Waals surface area (Å²) in [6, 6.07) is 5.84. The van der Waals surface area contributed by atoms with E-state index < -0.39 is 0 Å². The number of thiophene rings is 2. The molecule has 0 aromatic carbocycles. The lowest BCUT2D eigenvalue weighted by Crippen LogP contribution is -2.38. The average molecular weight is 492 g/mol. The van der Waals surface area contributed by atoms with Crippen LogP contribution in [0.5, 0.6) is 0 Å². The molecule has 0 aliphatic rings. The number of nitrogens with zero attached hydrogens (tertiary/aromatic N) is 1. The second-order valence-electron chi connectivity index (χ2n) is 5.24. The van der Waals surface area contributed by atoms with Crippen LogP contribution in [0.2, 0.25) is 0 Å². The molecule has 1 amide bonds. The molecular formula is C17H25IN4OS2. The summed E-state index contributed by atoms with van der Waals surface area (Å²) in [5.74, 6) is 0.814. The first kappa shape index (κ1) is 21.9. The van der Waals surface area contributed by atoms with Crippen LogP contribution in [0.25, 0.3) is 0 Å². The number of carbonyl (C=O) groups excluding carboxylic acids is 1. The highest BCUT2D eigenvalue weighted by Crippen LogP contribution is 2.16. The van der Waals surface area contributed by atoms with Crippen LogP contribution in [0.15, 0.2) is 34.0 Å².